The van der Waals surface area contributed by atoms with E-state index in [1.54, 1.807) is 0 Å². The molecule has 0 bridgehead atoms. The van der Waals surface area contributed by atoms with Gasteiger partial charge in [-0.05, 0) is 17.4 Å². The largest absolute Gasteiger partial charge is 0.160 e. The van der Waals surface area contributed by atoms with Crippen LogP contribution in [0.5, 0.6) is 0 Å². The van der Waals surface area contributed by atoms with Crippen molar-refractivity contribution in [3.05, 3.63) is 0 Å². The smallest absolute Gasteiger partial charge is 0.0865 e. The minimum atomic E-state index is -0.357. The number of hydrogen-bond donors (Lipinski definition) is 0. The first kappa shape index (κ1) is 17.5. The zero-order valence-corrected chi connectivity index (χ0v) is 15.1. The SMILES string of the molecule is CCC(Br)C(Br)(Br)C(Br)(Br)Br.[SiH4]. The average Bonchev–Trinajstić information content (AvgIpc) is 1.83. The highest BCUT2D eigenvalue weighted by atomic mass is 80.0. The molecule has 7 heteroatoms. The maximum Gasteiger partial charge on any atom is 0.160 e. The molecule has 0 saturated carbocycles. The van der Waals surface area contributed by atoms with Gasteiger partial charge in [0.25, 0.3) is 0 Å². The Bertz CT molecular complexity index is 130. The van der Waals surface area contributed by atoms with Gasteiger partial charge in [0.15, 0.2) is 2.14 Å². The molecule has 0 N–H and O–H groups in total. The van der Waals surface area contributed by atoms with E-state index in [9.17, 15) is 0 Å². The topological polar surface area (TPSA) is 0 Å². The van der Waals surface area contributed by atoms with Crippen LogP contribution in [0.2, 0.25) is 0 Å². The van der Waals surface area contributed by atoms with Gasteiger partial charge >= 0.3 is 0 Å². The third-order valence-electron chi connectivity index (χ3n) is 1.13. The fourth-order valence-electron chi connectivity index (χ4n) is 0.434. The van der Waals surface area contributed by atoms with Crippen molar-refractivity contribution in [2.75, 3.05) is 0 Å². The molecule has 0 aliphatic rings. The summed E-state index contributed by atoms with van der Waals surface area (Å²) in [4.78, 5) is 0.313. The second kappa shape index (κ2) is 6.63. The highest BCUT2D eigenvalue weighted by molar-refractivity contribution is 9.41. The Morgan fingerprint density at radius 2 is 1.42 bits per heavy atom. The van der Waals surface area contributed by atoms with Crippen LogP contribution in [0, 0.1) is 0 Å². The summed E-state index contributed by atoms with van der Waals surface area (Å²) in [7, 11) is 0. The fraction of sp³-hybridized carbons (Fsp3) is 1.00. The lowest BCUT2D eigenvalue weighted by molar-refractivity contribution is 0.788. The molecule has 0 heterocycles. The summed E-state index contributed by atoms with van der Waals surface area (Å²) in [6.45, 7) is 2.11. The number of hydrogen-bond acceptors (Lipinski definition) is 0. The predicted molar refractivity (Wildman–Crippen MR) is 84.4 cm³/mol. The van der Waals surface area contributed by atoms with E-state index in [-0.39, 0.29) is 16.3 Å². The number of halogens is 6. The third kappa shape index (κ3) is 4.75. The molecule has 0 aromatic heterocycles. The Balaban J connectivity index is 0. The Labute approximate surface area is 128 Å². The lowest BCUT2D eigenvalue weighted by atomic mass is 10.3. The lowest BCUT2D eigenvalue weighted by Crippen LogP contribution is -2.37. The second-order valence-electron chi connectivity index (χ2n) is 2.00. The first-order chi connectivity index (χ1) is 4.73. The fourth-order valence-corrected chi connectivity index (χ4v) is 3.18. The first-order valence-electron chi connectivity index (χ1n) is 2.82. The van der Waals surface area contributed by atoms with E-state index in [4.69, 9.17) is 0 Å². The summed E-state index contributed by atoms with van der Waals surface area (Å²) in [5.41, 5.74) is 0. The zero-order valence-electron chi connectivity index (χ0n) is 5.55. The molecule has 0 saturated heterocycles. The molecule has 1 atom stereocenters. The Hall–Kier alpha value is 3.10. The highest BCUT2D eigenvalue weighted by Crippen LogP contribution is 2.56. The van der Waals surface area contributed by atoms with Gasteiger partial charge < -0.3 is 0 Å². The first-order valence-corrected chi connectivity index (χ1v) is 7.70. The van der Waals surface area contributed by atoms with Gasteiger partial charge in [0.1, 0.15) is 3.23 Å². The summed E-state index contributed by atoms with van der Waals surface area (Å²) in [6.07, 6.45) is 1.01. The average molecular weight is 578 g/mol. The van der Waals surface area contributed by atoms with E-state index in [2.05, 4.69) is 103 Å². The van der Waals surface area contributed by atoms with Crippen molar-refractivity contribution in [3.63, 3.8) is 0 Å². The van der Waals surface area contributed by atoms with Crippen LogP contribution in [0.25, 0.3) is 0 Å². The van der Waals surface area contributed by atoms with Crippen molar-refractivity contribution in [3.8, 4) is 0 Å². The van der Waals surface area contributed by atoms with Crippen LogP contribution in [-0.4, -0.2) is 21.2 Å². The summed E-state index contributed by atoms with van der Waals surface area (Å²) >= 11 is 21.0. The number of rotatable bonds is 2. The molecule has 0 spiro atoms. The Morgan fingerprint density at radius 1 is 1.08 bits per heavy atom. The van der Waals surface area contributed by atoms with Crippen molar-refractivity contribution in [2.45, 2.75) is 23.5 Å². The standard InChI is InChI=1S/C5H6Br6.H4Si/c1-2-3(6)4(7,8)5(9,10)11;/h3H,2H2,1H3;1H4. The minimum absolute atomic E-state index is 0. The molecule has 1 unspecified atom stereocenters. The quantitative estimate of drug-likeness (QED) is 0.344. The minimum Gasteiger partial charge on any atom is -0.0865 e. The maximum atomic E-state index is 3.56. The predicted octanol–water partition coefficient (Wildman–Crippen LogP) is 4.03. The van der Waals surface area contributed by atoms with Crippen LogP contribution >= 0.6 is 95.6 Å². The Morgan fingerprint density at radius 3 is 1.50 bits per heavy atom. The summed E-state index contributed by atoms with van der Waals surface area (Å²) in [5.74, 6) is 0. The monoisotopic (exact) mass is 572 g/mol. The van der Waals surface area contributed by atoms with Crippen molar-refractivity contribution < 1.29 is 0 Å². The van der Waals surface area contributed by atoms with Gasteiger partial charge in [0, 0.05) is 4.83 Å². The van der Waals surface area contributed by atoms with Gasteiger partial charge in [-0.1, -0.05) is 103 Å². The normalized spacial score (nSPS) is 15.2. The van der Waals surface area contributed by atoms with Gasteiger partial charge in [-0.3, -0.25) is 0 Å². The molecular weight excluding hydrogens is 568 g/mol. The van der Waals surface area contributed by atoms with Crippen LogP contribution in [-0.2, 0) is 0 Å². The molecule has 0 rings (SSSR count). The molecular formula is C5H10Br6Si. The maximum absolute atomic E-state index is 3.56. The van der Waals surface area contributed by atoms with E-state index in [1.807, 2.05) is 0 Å². The number of alkyl halides is 6. The van der Waals surface area contributed by atoms with Crippen molar-refractivity contribution in [2.24, 2.45) is 0 Å². The van der Waals surface area contributed by atoms with Gasteiger partial charge in [0.2, 0.25) is 0 Å². The molecule has 12 heavy (non-hydrogen) atoms. The van der Waals surface area contributed by atoms with Crippen LogP contribution in [0.1, 0.15) is 13.3 Å². The van der Waals surface area contributed by atoms with E-state index >= 15 is 0 Å². The molecule has 0 fully saturated rings. The van der Waals surface area contributed by atoms with Crippen LogP contribution in [0.4, 0.5) is 0 Å². The molecule has 0 radical (unpaired) electrons. The molecule has 0 aromatic carbocycles. The van der Waals surface area contributed by atoms with Gasteiger partial charge in [-0.15, -0.1) is 0 Å². The second-order valence-corrected chi connectivity index (χ2v) is 13.4. The summed E-state index contributed by atoms with van der Waals surface area (Å²) in [6, 6.07) is 0. The highest BCUT2D eigenvalue weighted by Gasteiger charge is 2.47. The molecule has 0 amide bonds. The van der Waals surface area contributed by atoms with E-state index < -0.39 is 0 Å². The molecule has 76 valence electrons. The molecule has 0 aliphatic carbocycles. The van der Waals surface area contributed by atoms with Gasteiger partial charge in [-0.25, -0.2) is 0 Å². The molecule has 0 nitrogen and oxygen atoms in total. The van der Waals surface area contributed by atoms with Crippen molar-refractivity contribution >= 4 is 107 Å². The van der Waals surface area contributed by atoms with Crippen molar-refractivity contribution in [1.82, 2.24) is 0 Å². The van der Waals surface area contributed by atoms with Gasteiger partial charge in [-0.2, -0.15) is 0 Å². The van der Waals surface area contributed by atoms with E-state index in [1.165, 1.54) is 0 Å². The lowest BCUT2D eigenvalue weighted by Gasteiger charge is -2.33. The Kier molecular flexibility index (Phi) is 9.66. The molecule has 0 aliphatic heterocycles. The van der Waals surface area contributed by atoms with E-state index in [0.29, 0.717) is 4.83 Å². The third-order valence-corrected chi connectivity index (χ3v) is 11.1. The summed E-state index contributed by atoms with van der Waals surface area (Å²) < 4.78 is -0.619. The van der Waals surface area contributed by atoms with Crippen LogP contribution in [0.3, 0.4) is 0 Å². The zero-order chi connectivity index (χ0) is 9.28. The van der Waals surface area contributed by atoms with E-state index in [0.717, 1.165) is 6.42 Å². The van der Waals surface area contributed by atoms with Crippen LogP contribution < -0.4 is 0 Å². The summed E-state index contributed by atoms with van der Waals surface area (Å²) in [5, 5.41) is 0. The van der Waals surface area contributed by atoms with Crippen molar-refractivity contribution in [1.29, 1.82) is 0 Å². The van der Waals surface area contributed by atoms with Crippen LogP contribution in [0.15, 0.2) is 0 Å². The van der Waals surface area contributed by atoms with Gasteiger partial charge in [0.05, 0.1) is 0 Å². The molecule has 0 aromatic rings.